The topological polar surface area (TPSA) is 18.6 Å². The molecule has 0 atom stereocenters. The number of hydrogen-bond donors (Lipinski definition) is 0. The van der Waals surface area contributed by atoms with E-state index >= 15 is 0 Å². The maximum atomic E-state index is 5.90. The third-order valence-electron chi connectivity index (χ3n) is 1.69. The van der Waals surface area contributed by atoms with Crippen LogP contribution < -0.4 is 4.84 Å². The summed E-state index contributed by atoms with van der Waals surface area (Å²) in [4.78, 5) is 6.95. The van der Waals surface area contributed by atoms with Crippen molar-refractivity contribution in [3.63, 3.8) is 0 Å². The third kappa shape index (κ3) is 0.975. The largest absolute Gasteiger partial charge is 0.398 e. The van der Waals surface area contributed by atoms with E-state index in [9.17, 15) is 0 Å². The van der Waals surface area contributed by atoms with Gasteiger partial charge in [-0.1, -0.05) is 11.6 Å². The second kappa shape index (κ2) is 2.75. The molecule has 64 valence electrons. The molecule has 0 N–H and O–H groups in total. The van der Waals surface area contributed by atoms with Crippen molar-refractivity contribution in [2.24, 2.45) is 0 Å². The molecule has 0 unspecified atom stereocenters. The van der Waals surface area contributed by atoms with Crippen LogP contribution in [0.3, 0.4) is 0 Å². The van der Waals surface area contributed by atoms with E-state index in [-0.39, 0.29) is 0 Å². The van der Waals surface area contributed by atoms with Gasteiger partial charge in [-0.2, -0.15) is 0 Å². The van der Waals surface area contributed by atoms with Gasteiger partial charge in [0.2, 0.25) is 0 Å². The Morgan fingerprint density at radius 2 is 2.25 bits per heavy atom. The van der Waals surface area contributed by atoms with E-state index in [1.807, 2.05) is 36.0 Å². The van der Waals surface area contributed by atoms with Crippen LogP contribution in [0.2, 0.25) is 5.02 Å². The van der Waals surface area contributed by atoms with Gasteiger partial charge in [0.15, 0.2) is 0 Å². The smallest absolute Gasteiger partial charge is 0.114 e. The summed E-state index contributed by atoms with van der Waals surface area (Å²) in [7, 11) is 0. The Kier molecular flexibility index (Phi) is 1.73. The van der Waals surface area contributed by atoms with Crippen molar-refractivity contribution in [1.82, 2.24) is 9.36 Å². The highest BCUT2D eigenvalue weighted by atomic mass is 35.5. The van der Waals surface area contributed by atoms with Crippen molar-refractivity contribution in [2.75, 3.05) is 6.61 Å². The molecular weight excluding hydrogens is 176 g/mol. The van der Waals surface area contributed by atoms with Crippen molar-refractivity contribution in [2.45, 2.75) is 6.92 Å². The molecule has 2 rings (SSSR count). The molecule has 0 spiro atoms. The highest BCUT2D eigenvalue weighted by Crippen LogP contribution is 2.17. The summed E-state index contributed by atoms with van der Waals surface area (Å²) in [5.41, 5.74) is 0.963. The summed E-state index contributed by atoms with van der Waals surface area (Å²) in [6.45, 7) is 2.58. The van der Waals surface area contributed by atoms with Crippen molar-refractivity contribution in [1.29, 1.82) is 0 Å². The maximum Gasteiger partial charge on any atom is 0.114 e. The van der Waals surface area contributed by atoms with E-state index in [1.165, 1.54) is 0 Å². The third-order valence-corrected chi connectivity index (χ3v) is 2.01. The van der Waals surface area contributed by atoms with E-state index in [1.54, 1.807) is 4.85 Å². The lowest BCUT2D eigenvalue weighted by Gasteiger charge is -2.03. The molecule has 0 saturated carbocycles. The number of aromatic nitrogens is 2. The average molecular weight is 185 g/mol. The van der Waals surface area contributed by atoms with E-state index in [2.05, 4.69) is 0 Å². The first-order valence-electron chi connectivity index (χ1n) is 3.80. The normalized spacial score (nSPS) is 10.8. The molecular formula is C8H9ClN2O. The van der Waals surface area contributed by atoms with Crippen LogP contribution in [0.25, 0.3) is 5.52 Å². The monoisotopic (exact) mass is 184 g/mol. The summed E-state index contributed by atoms with van der Waals surface area (Å²) in [6.07, 6.45) is 3.71. The highest BCUT2D eigenvalue weighted by molar-refractivity contribution is 6.33. The van der Waals surface area contributed by atoms with Crippen LogP contribution in [-0.4, -0.2) is 16.0 Å². The molecule has 0 radical (unpaired) electrons. The molecule has 2 heterocycles. The molecule has 0 bridgehead atoms. The lowest BCUT2D eigenvalue weighted by molar-refractivity contribution is 0.0842. The number of fused-ring (bicyclic) bond motifs is 1. The second-order valence-electron chi connectivity index (χ2n) is 2.43. The van der Waals surface area contributed by atoms with Gasteiger partial charge in [0.1, 0.15) is 6.61 Å². The minimum atomic E-state index is 0.638. The van der Waals surface area contributed by atoms with Crippen molar-refractivity contribution < 1.29 is 4.84 Å². The van der Waals surface area contributed by atoms with Crippen molar-refractivity contribution >= 4 is 17.1 Å². The van der Waals surface area contributed by atoms with Crippen LogP contribution in [-0.2, 0) is 0 Å². The summed E-state index contributed by atoms with van der Waals surface area (Å²) in [6, 6.07) is 3.75. The molecule has 0 amide bonds. The van der Waals surface area contributed by atoms with Gasteiger partial charge in [0.25, 0.3) is 0 Å². The zero-order chi connectivity index (χ0) is 8.55. The summed E-state index contributed by atoms with van der Waals surface area (Å²) >= 11 is 5.90. The highest BCUT2D eigenvalue weighted by Gasteiger charge is 2.03. The Balaban J connectivity index is 2.55. The van der Waals surface area contributed by atoms with E-state index < -0.39 is 0 Å². The predicted molar refractivity (Wildman–Crippen MR) is 47.5 cm³/mol. The summed E-state index contributed by atoms with van der Waals surface area (Å²) in [5.74, 6) is 0. The quantitative estimate of drug-likeness (QED) is 0.697. The lowest BCUT2D eigenvalue weighted by atomic mass is 10.5. The zero-order valence-corrected chi connectivity index (χ0v) is 7.45. The molecule has 0 saturated heterocycles. The van der Waals surface area contributed by atoms with E-state index in [4.69, 9.17) is 16.4 Å². The fourth-order valence-electron chi connectivity index (χ4n) is 1.18. The van der Waals surface area contributed by atoms with Crippen LogP contribution in [0.4, 0.5) is 0 Å². The maximum absolute atomic E-state index is 5.90. The summed E-state index contributed by atoms with van der Waals surface area (Å²) in [5, 5.41) is 0.744. The first-order chi connectivity index (χ1) is 5.83. The van der Waals surface area contributed by atoms with Crippen molar-refractivity contribution in [3.8, 4) is 0 Å². The second-order valence-corrected chi connectivity index (χ2v) is 2.84. The van der Waals surface area contributed by atoms with Crippen LogP contribution in [0, 0.1) is 0 Å². The number of rotatable bonds is 2. The Morgan fingerprint density at radius 3 is 3.00 bits per heavy atom. The van der Waals surface area contributed by atoms with E-state index in [0.29, 0.717) is 6.61 Å². The van der Waals surface area contributed by atoms with Crippen LogP contribution in [0.5, 0.6) is 0 Å². The average Bonchev–Trinajstić information content (AvgIpc) is 2.58. The number of halogens is 1. The first kappa shape index (κ1) is 7.55. The van der Waals surface area contributed by atoms with E-state index in [0.717, 1.165) is 10.5 Å². The Hall–Kier alpha value is -1.09. The Labute approximate surface area is 75.0 Å². The minimum absolute atomic E-state index is 0.638. The molecule has 0 aromatic carbocycles. The van der Waals surface area contributed by atoms with Gasteiger partial charge in [0.05, 0.1) is 16.7 Å². The number of hydrogen-bond acceptors (Lipinski definition) is 1. The molecule has 2 aromatic heterocycles. The molecule has 3 nitrogen and oxygen atoms in total. The van der Waals surface area contributed by atoms with Gasteiger partial charge in [-0.15, -0.1) is 4.85 Å². The van der Waals surface area contributed by atoms with Gasteiger partial charge in [-0.3, -0.25) is 0 Å². The molecule has 12 heavy (non-hydrogen) atoms. The van der Waals surface area contributed by atoms with Crippen LogP contribution >= 0.6 is 11.6 Å². The van der Waals surface area contributed by atoms with Gasteiger partial charge in [-0.25, -0.2) is 4.52 Å². The fraction of sp³-hybridized carbons (Fsp3) is 0.250. The molecule has 2 aromatic rings. The zero-order valence-electron chi connectivity index (χ0n) is 6.70. The molecule has 0 aliphatic rings. The van der Waals surface area contributed by atoms with Crippen LogP contribution in [0.15, 0.2) is 24.5 Å². The van der Waals surface area contributed by atoms with Crippen LogP contribution in [0.1, 0.15) is 6.92 Å². The Bertz CT molecular complexity index is 391. The molecule has 4 heteroatoms. The predicted octanol–water partition coefficient (Wildman–Crippen LogP) is 1.84. The molecule has 0 aliphatic carbocycles. The molecule has 0 aliphatic heterocycles. The fourth-order valence-corrected chi connectivity index (χ4v) is 1.39. The van der Waals surface area contributed by atoms with Gasteiger partial charge in [0, 0.05) is 6.20 Å². The standard InChI is InChI=1S/C8H9ClN2O/c1-2-12-11-6-4-8-7(9)3-5-10(8)11/h3-6H,2H2,1H3. The molecule has 0 fully saturated rings. The van der Waals surface area contributed by atoms with Gasteiger partial charge < -0.3 is 4.84 Å². The van der Waals surface area contributed by atoms with Crippen molar-refractivity contribution in [3.05, 3.63) is 29.5 Å². The number of nitrogens with zero attached hydrogens (tertiary/aromatic N) is 2. The van der Waals surface area contributed by atoms with Gasteiger partial charge in [-0.05, 0) is 19.1 Å². The minimum Gasteiger partial charge on any atom is -0.398 e. The van der Waals surface area contributed by atoms with Gasteiger partial charge >= 0.3 is 0 Å². The SMILES string of the molecule is CCOn1ccc2c(Cl)ccn21. The summed E-state index contributed by atoms with van der Waals surface area (Å²) < 4.78 is 1.85. The Morgan fingerprint density at radius 1 is 1.42 bits per heavy atom. The first-order valence-corrected chi connectivity index (χ1v) is 4.18. The lowest BCUT2D eigenvalue weighted by Crippen LogP contribution is -2.13.